The highest BCUT2D eigenvalue weighted by Gasteiger charge is 2.29. The minimum atomic E-state index is -2.02. The zero-order valence-corrected chi connectivity index (χ0v) is 24.8. The third kappa shape index (κ3) is 6.39. The largest absolute Gasteiger partial charge is 0.493 e. The zero-order valence-electron chi connectivity index (χ0n) is 23.9. The number of nitrogens with zero attached hydrogens (tertiary/aromatic N) is 3. The molecule has 0 bridgehead atoms. The lowest BCUT2D eigenvalue weighted by atomic mass is 9.72. The highest BCUT2D eigenvalue weighted by Crippen LogP contribution is 2.38. The predicted molar refractivity (Wildman–Crippen MR) is 152 cm³/mol. The minimum absolute atomic E-state index is 0.00489. The number of nitrogens with one attached hydrogen (secondary N) is 2. The van der Waals surface area contributed by atoms with E-state index < -0.39 is 17.2 Å². The molecule has 12 heteroatoms. The number of aromatic nitrogens is 4. The first-order chi connectivity index (χ1) is 18.8. The van der Waals surface area contributed by atoms with Gasteiger partial charge in [-0.15, -0.1) is 9.73 Å². The van der Waals surface area contributed by atoms with Crippen molar-refractivity contribution in [3.8, 4) is 23.1 Å². The minimum Gasteiger partial charge on any atom is -0.493 e. The van der Waals surface area contributed by atoms with Crippen molar-refractivity contribution >= 4 is 28.8 Å². The summed E-state index contributed by atoms with van der Waals surface area (Å²) in [4.78, 5) is 16.9. The summed E-state index contributed by atoms with van der Waals surface area (Å²) in [5, 5.41) is 7.10. The number of hydrogen-bond acceptors (Lipinski definition) is 8. The van der Waals surface area contributed by atoms with Gasteiger partial charge < -0.3 is 18.4 Å². The lowest BCUT2D eigenvalue weighted by Gasteiger charge is -2.33. The molecule has 0 amide bonds. The highest BCUT2D eigenvalue weighted by atomic mass is 32.2. The second-order valence-electron chi connectivity index (χ2n) is 11.3. The Morgan fingerprint density at radius 1 is 1.05 bits per heavy atom. The average molecular weight is 570 g/mol. The third-order valence-electron chi connectivity index (χ3n) is 6.22. The number of ether oxygens (including phenoxy) is 3. The van der Waals surface area contributed by atoms with Crippen molar-refractivity contribution in [2.75, 3.05) is 18.9 Å². The fourth-order valence-corrected chi connectivity index (χ4v) is 5.36. The van der Waals surface area contributed by atoms with E-state index in [0.29, 0.717) is 17.2 Å². The molecule has 0 radical (unpaired) electrons. The Balaban J connectivity index is 1.56. The molecule has 0 fully saturated rings. The van der Waals surface area contributed by atoms with Crippen LogP contribution in [-0.2, 0) is 21.4 Å². The summed E-state index contributed by atoms with van der Waals surface area (Å²) in [5.41, 5.74) is 2.05. The van der Waals surface area contributed by atoms with Crippen LogP contribution in [0, 0.1) is 12.3 Å². The SMILES string of the molecule is COC(=O)c1c(Oc2ccccc2OC)[nH]n2nc(NS(=O)Oc3cc(C(C)(C)CC(C)(C)C)ccc3C)nc12. The fraction of sp³-hybridized carbons (Fsp3) is 0.393. The van der Waals surface area contributed by atoms with Gasteiger partial charge in [0.1, 0.15) is 5.75 Å². The second-order valence-corrected chi connectivity index (χ2v) is 12.1. The number of aryl methyl sites for hydroxylation is 1. The van der Waals surface area contributed by atoms with Crippen LogP contribution in [0.2, 0.25) is 0 Å². The number of hydrogen-bond donors (Lipinski definition) is 2. The summed E-state index contributed by atoms with van der Waals surface area (Å²) in [6.45, 7) is 12.9. The van der Waals surface area contributed by atoms with E-state index in [1.807, 2.05) is 19.1 Å². The first-order valence-corrected chi connectivity index (χ1v) is 13.7. The van der Waals surface area contributed by atoms with E-state index in [9.17, 15) is 9.00 Å². The summed E-state index contributed by atoms with van der Waals surface area (Å²) in [6, 6.07) is 12.9. The molecule has 0 aliphatic carbocycles. The van der Waals surface area contributed by atoms with Gasteiger partial charge in [-0.1, -0.05) is 58.9 Å². The third-order valence-corrected chi connectivity index (χ3v) is 6.90. The molecule has 2 aromatic carbocycles. The number of esters is 1. The normalized spacial score (nSPS) is 12.7. The number of carbonyl (C=O) groups is 1. The number of fused-ring (bicyclic) bond motifs is 1. The van der Waals surface area contributed by atoms with E-state index in [1.54, 1.807) is 24.3 Å². The summed E-state index contributed by atoms with van der Waals surface area (Å²) in [6.07, 6.45) is 0.958. The van der Waals surface area contributed by atoms with E-state index in [0.717, 1.165) is 17.5 Å². The van der Waals surface area contributed by atoms with E-state index in [-0.39, 0.29) is 33.9 Å². The van der Waals surface area contributed by atoms with Crippen LogP contribution in [0.25, 0.3) is 5.65 Å². The van der Waals surface area contributed by atoms with Crippen LogP contribution < -0.4 is 18.4 Å². The van der Waals surface area contributed by atoms with Crippen molar-refractivity contribution in [3.05, 3.63) is 59.2 Å². The van der Waals surface area contributed by atoms with E-state index in [1.165, 1.54) is 18.8 Å². The number of aromatic amines is 1. The van der Waals surface area contributed by atoms with Gasteiger partial charge in [0.05, 0.1) is 14.2 Å². The lowest BCUT2D eigenvalue weighted by Crippen LogP contribution is -2.25. The Morgan fingerprint density at radius 3 is 2.40 bits per heavy atom. The van der Waals surface area contributed by atoms with Crippen molar-refractivity contribution in [1.82, 2.24) is 19.8 Å². The molecule has 214 valence electrons. The van der Waals surface area contributed by atoms with E-state index >= 15 is 0 Å². The van der Waals surface area contributed by atoms with Crippen molar-refractivity contribution < 1.29 is 27.4 Å². The number of anilines is 1. The number of para-hydroxylation sites is 2. The van der Waals surface area contributed by atoms with E-state index in [2.05, 4.69) is 60.6 Å². The first kappa shape index (κ1) is 28.9. The highest BCUT2D eigenvalue weighted by molar-refractivity contribution is 7.81. The molecular formula is C28H35N5O6S. The molecule has 1 atom stereocenters. The van der Waals surface area contributed by atoms with Gasteiger partial charge in [-0.3, -0.25) is 0 Å². The smallest absolute Gasteiger partial charge is 0.347 e. The van der Waals surface area contributed by atoms with Crippen molar-refractivity contribution in [1.29, 1.82) is 0 Å². The summed E-state index contributed by atoms with van der Waals surface area (Å²) in [7, 11) is 2.76. The Labute approximate surface area is 236 Å². The zero-order chi connectivity index (χ0) is 29.2. The molecule has 40 heavy (non-hydrogen) atoms. The van der Waals surface area contributed by atoms with Crippen LogP contribution in [0.4, 0.5) is 5.95 Å². The molecule has 4 aromatic rings. The first-order valence-electron chi connectivity index (χ1n) is 12.7. The molecule has 2 N–H and O–H groups in total. The molecule has 0 aliphatic rings. The average Bonchev–Trinajstić information content (AvgIpc) is 3.40. The maximum Gasteiger partial charge on any atom is 0.347 e. The van der Waals surface area contributed by atoms with Crippen LogP contribution in [-0.4, -0.2) is 44.2 Å². The van der Waals surface area contributed by atoms with Crippen LogP contribution in [0.15, 0.2) is 42.5 Å². The topological polar surface area (TPSA) is 129 Å². The van der Waals surface area contributed by atoms with Crippen LogP contribution in [0.1, 0.15) is 62.5 Å². The van der Waals surface area contributed by atoms with Gasteiger partial charge in [0.2, 0.25) is 5.88 Å². The molecule has 2 aromatic heterocycles. The number of benzene rings is 2. The molecule has 11 nitrogen and oxygen atoms in total. The molecule has 1 unspecified atom stereocenters. The van der Waals surface area contributed by atoms with Crippen LogP contribution in [0.5, 0.6) is 23.1 Å². The lowest BCUT2D eigenvalue weighted by molar-refractivity contribution is 0.0600. The Kier molecular flexibility index (Phi) is 8.10. The summed E-state index contributed by atoms with van der Waals surface area (Å²) < 4.78 is 38.7. The molecular weight excluding hydrogens is 534 g/mol. The van der Waals surface area contributed by atoms with Crippen LogP contribution >= 0.6 is 0 Å². The quantitative estimate of drug-likeness (QED) is 0.232. The van der Waals surface area contributed by atoms with Gasteiger partial charge >= 0.3 is 17.2 Å². The molecule has 0 saturated carbocycles. The Hall–Kier alpha value is -4.06. The summed E-state index contributed by atoms with van der Waals surface area (Å²) in [5.74, 6) is 0.655. The van der Waals surface area contributed by atoms with Gasteiger partial charge in [-0.2, -0.15) is 9.19 Å². The van der Waals surface area contributed by atoms with Crippen molar-refractivity contribution in [2.45, 2.75) is 53.4 Å². The number of carbonyl (C=O) groups excluding carboxylic acids is 1. The molecule has 2 heterocycles. The molecule has 0 saturated heterocycles. The fourth-order valence-electron chi connectivity index (χ4n) is 4.74. The van der Waals surface area contributed by atoms with Gasteiger partial charge in [0.15, 0.2) is 22.7 Å². The second kappa shape index (κ2) is 11.2. The molecule has 0 aliphatic heterocycles. The molecule has 0 spiro atoms. The van der Waals surface area contributed by atoms with Gasteiger partial charge in [0.25, 0.3) is 5.95 Å². The Morgan fingerprint density at radius 2 is 1.75 bits per heavy atom. The van der Waals surface area contributed by atoms with E-state index in [4.69, 9.17) is 18.4 Å². The standard InChI is InChI=1S/C28H35N5O6S/c1-17-13-14-18(28(5,6)16-27(2,3)4)15-21(17)39-40(35)32-26-29-23-22(25(34)37-8)24(30-33(23)31-26)38-20-12-10-9-11-19(20)36-7/h9-15,30H,16H2,1-8H3,(H,31,32). The van der Waals surface area contributed by atoms with Gasteiger partial charge in [-0.05, 0) is 53.5 Å². The maximum absolute atomic E-state index is 12.9. The number of methoxy groups -OCH3 is 2. The Bertz CT molecular complexity index is 1550. The maximum atomic E-state index is 12.9. The number of H-pyrrole nitrogens is 1. The predicted octanol–water partition coefficient (Wildman–Crippen LogP) is 5.74. The number of rotatable bonds is 10. The monoisotopic (exact) mass is 569 g/mol. The van der Waals surface area contributed by atoms with Gasteiger partial charge in [-0.25, -0.2) is 14.6 Å². The summed E-state index contributed by atoms with van der Waals surface area (Å²) >= 11 is -2.02. The van der Waals surface area contributed by atoms with Crippen molar-refractivity contribution in [2.24, 2.45) is 5.41 Å². The van der Waals surface area contributed by atoms with Gasteiger partial charge in [0, 0.05) is 0 Å². The van der Waals surface area contributed by atoms with Crippen LogP contribution in [0.3, 0.4) is 0 Å². The molecule has 4 rings (SSSR count). The van der Waals surface area contributed by atoms with Crippen molar-refractivity contribution in [3.63, 3.8) is 0 Å².